The summed E-state index contributed by atoms with van der Waals surface area (Å²) in [5, 5.41) is 5.81. The molecule has 10 heteroatoms. The van der Waals surface area contributed by atoms with E-state index in [9.17, 15) is 8.42 Å². The third kappa shape index (κ3) is 7.53. The zero-order chi connectivity index (χ0) is 30.5. The number of aryl methyl sites for hydroxylation is 3. The lowest BCUT2D eigenvalue weighted by molar-refractivity contribution is 0.0368. The molecule has 0 amide bonds. The van der Waals surface area contributed by atoms with Crippen LogP contribution < -0.4 is 4.74 Å². The molecule has 8 nitrogen and oxygen atoms in total. The van der Waals surface area contributed by atoms with Crippen molar-refractivity contribution in [3.8, 4) is 22.8 Å². The smallest absolute Gasteiger partial charge is 0.211 e. The summed E-state index contributed by atoms with van der Waals surface area (Å²) in [6.45, 7) is 6.10. The van der Waals surface area contributed by atoms with E-state index >= 15 is 0 Å². The Kier molecular flexibility index (Phi) is 9.68. The van der Waals surface area contributed by atoms with E-state index in [0.29, 0.717) is 24.5 Å². The summed E-state index contributed by atoms with van der Waals surface area (Å²) in [6, 6.07) is 24.0. The van der Waals surface area contributed by atoms with Crippen molar-refractivity contribution in [3.63, 3.8) is 0 Å². The number of benzene rings is 3. The van der Waals surface area contributed by atoms with Crippen LogP contribution in [0.5, 0.6) is 11.5 Å². The Morgan fingerprint density at radius 2 is 1.66 bits per heavy atom. The molecule has 1 aromatic heterocycles. The van der Waals surface area contributed by atoms with Crippen LogP contribution in [0.25, 0.3) is 11.3 Å². The van der Waals surface area contributed by atoms with Gasteiger partial charge in [-0.3, -0.25) is 9.58 Å². The average molecular weight is 635 g/mol. The maximum atomic E-state index is 12.5. The highest BCUT2D eigenvalue weighted by Crippen LogP contribution is 2.33. The Labute approximate surface area is 265 Å². The molecule has 0 saturated carbocycles. The second-order valence-corrected chi connectivity index (χ2v) is 13.9. The van der Waals surface area contributed by atoms with Crippen molar-refractivity contribution < 1.29 is 17.9 Å². The van der Waals surface area contributed by atoms with Crippen LogP contribution in [0.3, 0.4) is 0 Å². The average Bonchev–Trinajstić information content (AvgIpc) is 3.40. The molecule has 1 saturated heterocycles. The molecule has 2 aliphatic heterocycles. The second-order valence-electron chi connectivity index (χ2n) is 11.5. The lowest BCUT2D eigenvalue weighted by Crippen LogP contribution is -2.37. The maximum Gasteiger partial charge on any atom is 0.211 e. The third-order valence-corrected chi connectivity index (χ3v) is 10.0. The number of fused-ring (bicyclic) bond motifs is 1. The predicted molar refractivity (Wildman–Crippen MR) is 174 cm³/mol. The SMILES string of the molecule is CS(=O)(=O)N1CCc2c(c(-c3ccc(Cl)c(CCc4ccc(Oc5ccccc5)cc4)c3)nn2CCCN2CCOCC2)C1. The standard InChI is InChI=1S/C34H39ClN4O4S/c1-44(40,41)38-19-16-33-31(25-38)34(36-39(33)18-5-17-37-20-22-42-23-21-37)28-12-15-32(35)27(24-28)11-8-26-9-13-30(14-10-26)43-29-6-3-2-4-7-29/h2-4,6-7,9-10,12-15,24H,5,8,11,16-23,25H2,1H3. The lowest BCUT2D eigenvalue weighted by atomic mass is 9.98. The molecule has 3 heterocycles. The molecule has 3 aromatic carbocycles. The third-order valence-electron chi connectivity index (χ3n) is 8.42. The normalized spacial score (nSPS) is 16.1. The van der Waals surface area contributed by atoms with Crippen molar-refractivity contribution in [1.82, 2.24) is 19.0 Å². The zero-order valence-corrected chi connectivity index (χ0v) is 26.7. The number of rotatable bonds is 11. The summed E-state index contributed by atoms with van der Waals surface area (Å²) in [7, 11) is -3.32. The number of hydrogen-bond acceptors (Lipinski definition) is 6. The molecule has 4 aromatic rings. The first-order valence-corrected chi connectivity index (χ1v) is 17.5. The molecule has 1 fully saturated rings. The van der Waals surface area contributed by atoms with Crippen LogP contribution in [0.2, 0.25) is 5.02 Å². The van der Waals surface area contributed by atoms with Crippen molar-refractivity contribution in [2.45, 2.75) is 38.8 Å². The molecule has 2 aliphatic rings. The molecule has 0 radical (unpaired) electrons. The fraction of sp³-hybridized carbons (Fsp3) is 0.382. The van der Waals surface area contributed by atoms with Crippen LogP contribution in [-0.4, -0.2) is 73.1 Å². The van der Waals surface area contributed by atoms with Gasteiger partial charge in [-0.05, 0) is 66.8 Å². The van der Waals surface area contributed by atoms with E-state index in [2.05, 4.69) is 27.8 Å². The van der Waals surface area contributed by atoms with Gasteiger partial charge in [-0.1, -0.05) is 48.0 Å². The summed E-state index contributed by atoms with van der Waals surface area (Å²) >= 11 is 6.69. The lowest BCUT2D eigenvalue weighted by Gasteiger charge is -2.27. The van der Waals surface area contributed by atoms with Crippen molar-refractivity contribution in [2.75, 3.05) is 45.6 Å². The van der Waals surface area contributed by atoms with Gasteiger partial charge in [-0.15, -0.1) is 0 Å². The molecular formula is C34H39ClN4O4S. The van der Waals surface area contributed by atoms with Gasteiger partial charge in [0.15, 0.2) is 0 Å². The predicted octanol–water partition coefficient (Wildman–Crippen LogP) is 5.82. The van der Waals surface area contributed by atoms with Gasteiger partial charge >= 0.3 is 0 Å². The number of nitrogens with zero attached hydrogens (tertiary/aromatic N) is 4. The van der Waals surface area contributed by atoms with Gasteiger partial charge in [-0.2, -0.15) is 9.40 Å². The summed E-state index contributed by atoms with van der Waals surface area (Å²) in [4.78, 5) is 2.43. The van der Waals surface area contributed by atoms with Crippen LogP contribution in [0.15, 0.2) is 72.8 Å². The van der Waals surface area contributed by atoms with Crippen LogP contribution in [0.4, 0.5) is 0 Å². The fourth-order valence-corrected chi connectivity index (χ4v) is 6.97. The Morgan fingerprint density at radius 3 is 2.41 bits per heavy atom. The number of para-hydroxylation sites is 1. The molecule has 0 spiro atoms. The zero-order valence-electron chi connectivity index (χ0n) is 25.1. The van der Waals surface area contributed by atoms with Crippen LogP contribution in [0, 0.1) is 0 Å². The van der Waals surface area contributed by atoms with Gasteiger partial charge in [0.2, 0.25) is 10.0 Å². The molecule has 0 N–H and O–H groups in total. The molecule has 44 heavy (non-hydrogen) atoms. The monoisotopic (exact) mass is 634 g/mol. The Bertz CT molecular complexity index is 1670. The van der Waals surface area contributed by atoms with Crippen LogP contribution in [0.1, 0.15) is 28.8 Å². The van der Waals surface area contributed by atoms with Crippen molar-refractivity contribution >= 4 is 21.6 Å². The van der Waals surface area contributed by atoms with E-state index < -0.39 is 10.0 Å². The Hall–Kier alpha value is -3.21. The topological polar surface area (TPSA) is 76.9 Å². The Balaban J connectivity index is 1.19. The van der Waals surface area contributed by atoms with E-state index in [0.717, 1.165) is 98.2 Å². The molecule has 0 atom stereocenters. The minimum Gasteiger partial charge on any atom is -0.457 e. The first-order chi connectivity index (χ1) is 21.3. The van der Waals surface area contributed by atoms with Gasteiger partial charge in [0.05, 0.1) is 25.2 Å². The van der Waals surface area contributed by atoms with Crippen molar-refractivity contribution in [1.29, 1.82) is 0 Å². The number of hydrogen-bond donors (Lipinski definition) is 0. The van der Waals surface area contributed by atoms with Crippen molar-refractivity contribution in [3.05, 3.63) is 100 Å². The van der Waals surface area contributed by atoms with Crippen LogP contribution in [-0.2, 0) is 47.1 Å². The maximum absolute atomic E-state index is 12.5. The first kappa shape index (κ1) is 30.8. The number of morpholine rings is 1. The van der Waals surface area contributed by atoms with E-state index in [1.165, 1.54) is 11.8 Å². The highest BCUT2D eigenvalue weighted by molar-refractivity contribution is 7.88. The highest BCUT2D eigenvalue weighted by atomic mass is 35.5. The molecule has 0 aliphatic carbocycles. The number of aromatic nitrogens is 2. The van der Waals surface area contributed by atoms with E-state index in [4.69, 9.17) is 26.2 Å². The minimum atomic E-state index is -3.32. The summed E-state index contributed by atoms with van der Waals surface area (Å²) in [5.41, 5.74) is 6.18. The Morgan fingerprint density at radius 1 is 0.909 bits per heavy atom. The summed E-state index contributed by atoms with van der Waals surface area (Å²) < 4.78 is 40.1. The van der Waals surface area contributed by atoms with Gasteiger partial charge in [0.25, 0.3) is 0 Å². The quantitative estimate of drug-likeness (QED) is 0.207. The molecular weight excluding hydrogens is 596 g/mol. The molecule has 232 valence electrons. The number of ether oxygens (including phenoxy) is 2. The van der Waals surface area contributed by atoms with Gasteiger partial charge in [-0.25, -0.2) is 8.42 Å². The van der Waals surface area contributed by atoms with Gasteiger partial charge < -0.3 is 9.47 Å². The molecule has 0 bridgehead atoms. The van der Waals surface area contributed by atoms with Gasteiger partial charge in [0, 0.05) is 67.5 Å². The second kappa shape index (κ2) is 13.8. The van der Waals surface area contributed by atoms with Gasteiger partial charge in [0.1, 0.15) is 11.5 Å². The fourth-order valence-electron chi connectivity index (χ4n) is 5.98. The summed E-state index contributed by atoms with van der Waals surface area (Å²) in [5.74, 6) is 1.61. The first-order valence-electron chi connectivity index (χ1n) is 15.3. The number of halogens is 1. The number of sulfonamides is 1. The van der Waals surface area contributed by atoms with E-state index in [-0.39, 0.29) is 0 Å². The largest absolute Gasteiger partial charge is 0.457 e. The van der Waals surface area contributed by atoms with Crippen molar-refractivity contribution in [2.24, 2.45) is 0 Å². The molecule has 6 rings (SSSR count). The van der Waals surface area contributed by atoms with E-state index in [1.54, 1.807) is 4.31 Å². The van der Waals surface area contributed by atoms with E-state index in [1.807, 2.05) is 54.6 Å². The molecule has 0 unspecified atom stereocenters. The summed E-state index contributed by atoms with van der Waals surface area (Å²) in [6.07, 6.45) is 4.50. The minimum absolute atomic E-state index is 0.336. The van der Waals surface area contributed by atoms with Crippen LogP contribution >= 0.6 is 11.6 Å². The highest BCUT2D eigenvalue weighted by Gasteiger charge is 2.30.